The van der Waals surface area contributed by atoms with Crippen LogP contribution < -0.4 is 10.2 Å². The Morgan fingerprint density at radius 2 is 2.11 bits per heavy atom. The molecule has 0 aliphatic carbocycles. The topological polar surface area (TPSA) is 24.5 Å². The van der Waals surface area contributed by atoms with Crippen LogP contribution in [0.15, 0.2) is 24.3 Å². The van der Waals surface area contributed by atoms with E-state index in [4.69, 9.17) is 4.74 Å². The van der Waals surface area contributed by atoms with Crippen molar-refractivity contribution in [3.8, 4) is 0 Å². The van der Waals surface area contributed by atoms with E-state index in [9.17, 15) is 0 Å². The molecule has 3 nitrogen and oxygen atoms in total. The minimum atomic E-state index is 0.768. The molecule has 1 fully saturated rings. The number of methoxy groups -OCH3 is 1. The number of nitrogens with zero attached hydrogens (tertiary/aromatic N) is 1. The van der Waals surface area contributed by atoms with Crippen molar-refractivity contribution in [3.05, 3.63) is 29.8 Å². The highest BCUT2D eigenvalue weighted by atomic mass is 16.5. The van der Waals surface area contributed by atoms with Crippen LogP contribution >= 0.6 is 0 Å². The smallest absolute Gasteiger partial charge is 0.0587 e. The molecule has 3 heteroatoms. The minimum absolute atomic E-state index is 0.768. The van der Waals surface area contributed by atoms with E-state index in [-0.39, 0.29) is 0 Å². The van der Waals surface area contributed by atoms with E-state index in [1.54, 1.807) is 7.11 Å². The van der Waals surface area contributed by atoms with Crippen LogP contribution in [0, 0.1) is 5.92 Å². The van der Waals surface area contributed by atoms with Gasteiger partial charge in [-0.3, -0.25) is 0 Å². The SMILES string of the molecule is COCCNCc1ccc(N2CCCC(C)C2)cc1. The van der Waals surface area contributed by atoms with Gasteiger partial charge in [-0.25, -0.2) is 0 Å². The van der Waals surface area contributed by atoms with Crippen molar-refractivity contribution in [2.24, 2.45) is 5.92 Å². The molecule has 106 valence electrons. The maximum absolute atomic E-state index is 5.02. The monoisotopic (exact) mass is 262 g/mol. The van der Waals surface area contributed by atoms with Gasteiger partial charge in [-0.1, -0.05) is 19.1 Å². The predicted octanol–water partition coefficient (Wildman–Crippen LogP) is 2.66. The standard InChI is InChI=1S/C16H26N2O/c1-14-4-3-10-18(13-14)16-7-5-15(6-8-16)12-17-9-11-19-2/h5-8,14,17H,3-4,9-13H2,1-2H3. The van der Waals surface area contributed by atoms with Gasteiger partial charge in [-0.15, -0.1) is 0 Å². The van der Waals surface area contributed by atoms with Crippen LogP contribution in [0.25, 0.3) is 0 Å². The number of benzene rings is 1. The zero-order valence-corrected chi connectivity index (χ0v) is 12.2. The molecular formula is C16H26N2O. The first-order valence-electron chi connectivity index (χ1n) is 7.33. The molecule has 1 aromatic rings. The normalized spacial score (nSPS) is 19.7. The molecule has 0 bridgehead atoms. The average molecular weight is 262 g/mol. The Morgan fingerprint density at radius 1 is 1.32 bits per heavy atom. The van der Waals surface area contributed by atoms with Gasteiger partial charge >= 0.3 is 0 Å². The fraction of sp³-hybridized carbons (Fsp3) is 0.625. The van der Waals surface area contributed by atoms with Gasteiger partial charge in [0.2, 0.25) is 0 Å². The maximum atomic E-state index is 5.02. The van der Waals surface area contributed by atoms with Crippen LogP contribution in [0.5, 0.6) is 0 Å². The first-order valence-corrected chi connectivity index (χ1v) is 7.33. The van der Waals surface area contributed by atoms with E-state index >= 15 is 0 Å². The summed E-state index contributed by atoms with van der Waals surface area (Å²) in [4.78, 5) is 2.51. The number of hydrogen-bond donors (Lipinski definition) is 1. The Balaban J connectivity index is 1.83. The van der Waals surface area contributed by atoms with Gasteiger partial charge in [0.05, 0.1) is 6.61 Å². The summed E-state index contributed by atoms with van der Waals surface area (Å²) in [5.74, 6) is 0.823. The maximum Gasteiger partial charge on any atom is 0.0587 e. The number of nitrogens with one attached hydrogen (secondary N) is 1. The molecule has 1 saturated heterocycles. The number of ether oxygens (including phenoxy) is 1. The lowest BCUT2D eigenvalue weighted by atomic mass is 9.99. The molecule has 1 aliphatic heterocycles. The quantitative estimate of drug-likeness (QED) is 0.798. The summed E-state index contributed by atoms with van der Waals surface area (Å²) in [6, 6.07) is 8.97. The molecule has 1 aliphatic rings. The third kappa shape index (κ3) is 4.51. The number of hydrogen-bond acceptors (Lipinski definition) is 3. The second-order valence-corrected chi connectivity index (χ2v) is 5.53. The number of rotatable bonds is 6. The third-order valence-electron chi connectivity index (χ3n) is 3.77. The summed E-state index contributed by atoms with van der Waals surface area (Å²) < 4.78 is 5.02. The molecule has 1 N–H and O–H groups in total. The lowest BCUT2D eigenvalue weighted by molar-refractivity contribution is 0.199. The van der Waals surface area contributed by atoms with Gasteiger partial charge in [0.1, 0.15) is 0 Å². The first-order chi connectivity index (χ1) is 9.29. The molecular weight excluding hydrogens is 236 g/mol. The molecule has 2 rings (SSSR count). The molecule has 1 atom stereocenters. The van der Waals surface area contributed by atoms with E-state index in [1.165, 1.54) is 37.2 Å². The Kier molecular flexibility index (Phi) is 5.67. The van der Waals surface area contributed by atoms with Gasteiger partial charge in [0.15, 0.2) is 0 Å². The summed E-state index contributed by atoms with van der Waals surface area (Å²) in [7, 11) is 1.73. The van der Waals surface area contributed by atoms with Crippen LogP contribution in [-0.4, -0.2) is 33.4 Å². The molecule has 0 radical (unpaired) electrons. The molecule has 19 heavy (non-hydrogen) atoms. The highest BCUT2D eigenvalue weighted by Crippen LogP contribution is 2.23. The van der Waals surface area contributed by atoms with Gasteiger partial charge in [0, 0.05) is 39.0 Å². The Hall–Kier alpha value is -1.06. The summed E-state index contributed by atoms with van der Waals surface area (Å²) in [6.07, 6.45) is 2.69. The molecule has 1 unspecified atom stereocenters. The second-order valence-electron chi connectivity index (χ2n) is 5.53. The van der Waals surface area contributed by atoms with Gasteiger partial charge < -0.3 is 15.0 Å². The zero-order valence-electron chi connectivity index (χ0n) is 12.2. The first kappa shape index (κ1) is 14.4. The average Bonchev–Trinajstić information content (AvgIpc) is 2.44. The van der Waals surface area contributed by atoms with Crippen LogP contribution in [0.1, 0.15) is 25.3 Å². The van der Waals surface area contributed by atoms with E-state index in [0.29, 0.717) is 0 Å². The van der Waals surface area contributed by atoms with E-state index < -0.39 is 0 Å². The third-order valence-corrected chi connectivity index (χ3v) is 3.77. The molecule has 0 saturated carbocycles. The van der Waals surface area contributed by atoms with Gasteiger partial charge in [-0.05, 0) is 36.5 Å². The molecule has 0 amide bonds. The Morgan fingerprint density at radius 3 is 2.79 bits per heavy atom. The highest BCUT2D eigenvalue weighted by Gasteiger charge is 2.16. The summed E-state index contributed by atoms with van der Waals surface area (Å²) in [6.45, 7) is 7.34. The van der Waals surface area contributed by atoms with Crippen LogP contribution in [0.4, 0.5) is 5.69 Å². The van der Waals surface area contributed by atoms with Crippen molar-refractivity contribution < 1.29 is 4.74 Å². The Bertz CT molecular complexity index is 364. The van der Waals surface area contributed by atoms with Crippen LogP contribution in [0.3, 0.4) is 0 Å². The largest absolute Gasteiger partial charge is 0.383 e. The van der Waals surface area contributed by atoms with Crippen molar-refractivity contribution in [2.45, 2.75) is 26.3 Å². The number of piperidine rings is 1. The van der Waals surface area contributed by atoms with Crippen molar-refractivity contribution in [2.75, 3.05) is 38.3 Å². The van der Waals surface area contributed by atoms with E-state index in [1.807, 2.05) is 0 Å². The summed E-state index contributed by atoms with van der Waals surface area (Å²) in [5, 5.41) is 3.37. The van der Waals surface area contributed by atoms with Crippen molar-refractivity contribution in [3.63, 3.8) is 0 Å². The lowest BCUT2D eigenvalue weighted by Gasteiger charge is -2.32. The highest BCUT2D eigenvalue weighted by molar-refractivity contribution is 5.48. The summed E-state index contributed by atoms with van der Waals surface area (Å²) >= 11 is 0. The van der Waals surface area contributed by atoms with Gasteiger partial charge in [0.25, 0.3) is 0 Å². The van der Waals surface area contributed by atoms with Gasteiger partial charge in [-0.2, -0.15) is 0 Å². The zero-order chi connectivity index (χ0) is 13.5. The second kappa shape index (κ2) is 7.51. The predicted molar refractivity (Wildman–Crippen MR) is 80.6 cm³/mol. The molecule has 0 aromatic heterocycles. The van der Waals surface area contributed by atoms with E-state index in [2.05, 4.69) is 41.4 Å². The molecule has 1 aromatic carbocycles. The van der Waals surface area contributed by atoms with E-state index in [0.717, 1.165) is 25.6 Å². The lowest BCUT2D eigenvalue weighted by Crippen LogP contribution is -2.34. The number of anilines is 1. The fourth-order valence-electron chi connectivity index (χ4n) is 2.66. The molecule has 1 heterocycles. The van der Waals surface area contributed by atoms with Crippen molar-refractivity contribution >= 4 is 5.69 Å². The van der Waals surface area contributed by atoms with Crippen LogP contribution in [0.2, 0.25) is 0 Å². The van der Waals surface area contributed by atoms with Crippen molar-refractivity contribution in [1.29, 1.82) is 0 Å². The minimum Gasteiger partial charge on any atom is -0.383 e. The summed E-state index contributed by atoms with van der Waals surface area (Å²) in [5.41, 5.74) is 2.71. The fourth-order valence-corrected chi connectivity index (χ4v) is 2.66. The van der Waals surface area contributed by atoms with Crippen molar-refractivity contribution in [1.82, 2.24) is 5.32 Å². The Labute approximate surface area is 116 Å². The molecule has 0 spiro atoms. The van der Waals surface area contributed by atoms with Crippen LogP contribution in [-0.2, 0) is 11.3 Å².